The Labute approximate surface area is 105 Å². The van der Waals surface area contributed by atoms with E-state index in [1.54, 1.807) is 36.4 Å². The summed E-state index contributed by atoms with van der Waals surface area (Å²) < 4.78 is 19.0. The Morgan fingerprint density at radius 1 is 1.11 bits per heavy atom. The van der Waals surface area contributed by atoms with Crippen LogP contribution in [0.5, 0.6) is 11.5 Å². The Balaban J connectivity index is 2.12. The Hall–Kier alpha value is -2.07. The van der Waals surface area contributed by atoms with E-state index in [4.69, 9.17) is 15.6 Å². The van der Waals surface area contributed by atoms with Gasteiger partial charge in [-0.25, -0.2) is 4.39 Å². The molecule has 0 saturated carbocycles. The molecule has 94 valence electrons. The summed E-state index contributed by atoms with van der Waals surface area (Å²) in [5, 5.41) is 9.15. The van der Waals surface area contributed by atoms with E-state index < -0.39 is 5.82 Å². The molecule has 0 aliphatic carbocycles. The third kappa shape index (κ3) is 2.78. The van der Waals surface area contributed by atoms with E-state index in [0.717, 1.165) is 5.56 Å². The number of phenols is 1. The second-order valence-corrected chi connectivity index (χ2v) is 3.89. The van der Waals surface area contributed by atoms with Gasteiger partial charge in [-0.15, -0.1) is 0 Å². The van der Waals surface area contributed by atoms with E-state index in [9.17, 15) is 4.39 Å². The average Bonchev–Trinajstić information content (AvgIpc) is 2.39. The van der Waals surface area contributed by atoms with E-state index >= 15 is 0 Å². The second kappa shape index (κ2) is 5.51. The number of aromatic hydroxyl groups is 1. The minimum Gasteiger partial charge on any atom is -0.508 e. The number of nitrogens with two attached hydrogens (primary N) is 1. The quantitative estimate of drug-likeness (QED) is 0.873. The molecule has 0 heterocycles. The number of para-hydroxylation sites is 1. The van der Waals surface area contributed by atoms with Crippen molar-refractivity contribution in [2.45, 2.75) is 13.2 Å². The molecule has 3 N–H and O–H groups in total. The van der Waals surface area contributed by atoms with E-state index in [1.165, 1.54) is 6.07 Å². The number of hydrogen-bond acceptors (Lipinski definition) is 3. The van der Waals surface area contributed by atoms with E-state index in [1.807, 2.05) is 0 Å². The minimum absolute atomic E-state index is 0.187. The fourth-order valence-corrected chi connectivity index (χ4v) is 1.62. The van der Waals surface area contributed by atoms with Crippen LogP contribution in [0.25, 0.3) is 0 Å². The summed E-state index contributed by atoms with van der Waals surface area (Å²) in [4.78, 5) is 0. The second-order valence-electron chi connectivity index (χ2n) is 3.89. The Morgan fingerprint density at radius 3 is 2.50 bits per heavy atom. The Kier molecular flexibility index (Phi) is 3.79. The largest absolute Gasteiger partial charge is 0.508 e. The third-order valence-corrected chi connectivity index (χ3v) is 2.59. The molecule has 0 aliphatic rings. The predicted molar refractivity (Wildman–Crippen MR) is 66.7 cm³/mol. The normalized spacial score (nSPS) is 10.3. The molecule has 2 aromatic carbocycles. The van der Waals surface area contributed by atoms with Gasteiger partial charge in [0.05, 0.1) is 0 Å². The molecule has 0 saturated heterocycles. The third-order valence-electron chi connectivity index (χ3n) is 2.59. The Bertz CT molecular complexity index is 526. The van der Waals surface area contributed by atoms with Crippen LogP contribution in [-0.2, 0) is 13.2 Å². The van der Waals surface area contributed by atoms with Crippen LogP contribution < -0.4 is 10.5 Å². The molecule has 3 nitrogen and oxygen atoms in total. The van der Waals surface area contributed by atoms with Crippen LogP contribution in [0.4, 0.5) is 4.39 Å². The SMILES string of the molecule is NCc1cccc(F)c1OCc1ccc(O)cc1. The van der Waals surface area contributed by atoms with Crippen molar-refractivity contribution in [3.8, 4) is 11.5 Å². The number of benzene rings is 2. The van der Waals surface area contributed by atoms with E-state index in [-0.39, 0.29) is 24.7 Å². The first-order valence-corrected chi connectivity index (χ1v) is 5.59. The van der Waals surface area contributed by atoms with Crippen molar-refractivity contribution in [1.82, 2.24) is 0 Å². The summed E-state index contributed by atoms with van der Waals surface area (Å²) in [6.07, 6.45) is 0. The molecule has 0 aliphatic heterocycles. The van der Waals surface area contributed by atoms with Crippen LogP contribution in [0, 0.1) is 5.82 Å². The highest BCUT2D eigenvalue weighted by atomic mass is 19.1. The monoisotopic (exact) mass is 247 g/mol. The molecule has 0 radical (unpaired) electrons. The lowest BCUT2D eigenvalue weighted by atomic mass is 10.2. The van der Waals surface area contributed by atoms with Gasteiger partial charge in [-0.3, -0.25) is 0 Å². The molecule has 0 aromatic heterocycles. The number of ether oxygens (including phenoxy) is 1. The van der Waals surface area contributed by atoms with E-state index in [2.05, 4.69) is 0 Å². The van der Waals surface area contributed by atoms with Crippen molar-refractivity contribution >= 4 is 0 Å². The first-order chi connectivity index (χ1) is 8.70. The summed E-state index contributed by atoms with van der Waals surface area (Å²) in [6, 6.07) is 11.2. The fourth-order valence-electron chi connectivity index (χ4n) is 1.62. The van der Waals surface area contributed by atoms with Gasteiger partial charge in [0.25, 0.3) is 0 Å². The van der Waals surface area contributed by atoms with Crippen molar-refractivity contribution in [2.24, 2.45) is 5.73 Å². The number of hydrogen-bond donors (Lipinski definition) is 2. The first kappa shape index (κ1) is 12.4. The lowest BCUT2D eigenvalue weighted by Crippen LogP contribution is -2.04. The van der Waals surface area contributed by atoms with Gasteiger partial charge in [0.2, 0.25) is 0 Å². The highest BCUT2D eigenvalue weighted by Gasteiger charge is 2.08. The summed E-state index contributed by atoms with van der Waals surface area (Å²) in [6.45, 7) is 0.455. The standard InChI is InChI=1S/C14H14FNO2/c15-13-3-1-2-11(8-16)14(13)18-9-10-4-6-12(17)7-5-10/h1-7,17H,8-9,16H2. The molecule has 0 bridgehead atoms. The smallest absolute Gasteiger partial charge is 0.165 e. The van der Waals surface area contributed by atoms with Gasteiger partial charge in [-0.2, -0.15) is 0 Å². The summed E-state index contributed by atoms with van der Waals surface area (Å²) in [5.41, 5.74) is 7.01. The van der Waals surface area contributed by atoms with Crippen molar-refractivity contribution in [3.05, 3.63) is 59.4 Å². The van der Waals surface area contributed by atoms with Gasteiger partial charge in [0.15, 0.2) is 11.6 Å². The topological polar surface area (TPSA) is 55.5 Å². The fraction of sp³-hybridized carbons (Fsp3) is 0.143. The molecule has 0 spiro atoms. The molecule has 0 fully saturated rings. The maximum absolute atomic E-state index is 13.6. The molecular formula is C14H14FNO2. The molecule has 18 heavy (non-hydrogen) atoms. The number of halogens is 1. The van der Waals surface area contributed by atoms with Crippen LogP contribution >= 0.6 is 0 Å². The van der Waals surface area contributed by atoms with Gasteiger partial charge in [-0.1, -0.05) is 24.3 Å². The van der Waals surface area contributed by atoms with Crippen LogP contribution in [-0.4, -0.2) is 5.11 Å². The zero-order valence-corrected chi connectivity index (χ0v) is 9.77. The summed E-state index contributed by atoms with van der Waals surface area (Å²) in [5.74, 6) is -0.0444. The molecule has 4 heteroatoms. The van der Waals surface area contributed by atoms with Crippen LogP contribution in [0.1, 0.15) is 11.1 Å². The maximum atomic E-state index is 13.6. The van der Waals surface area contributed by atoms with Gasteiger partial charge in [-0.05, 0) is 23.8 Å². The van der Waals surface area contributed by atoms with Gasteiger partial charge < -0.3 is 15.6 Å². The van der Waals surface area contributed by atoms with Gasteiger partial charge in [0.1, 0.15) is 12.4 Å². The predicted octanol–water partition coefficient (Wildman–Crippen LogP) is 2.57. The van der Waals surface area contributed by atoms with Gasteiger partial charge in [0, 0.05) is 12.1 Å². The zero-order chi connectivity index (χ0) is 13.0. The average molecular weight is 247 g/mol. The number of phenolic OH excluding ortho intramolecular Hbond substituents is 1. The molecule has 2 aromatic rings. The van der Waals surface area contributed by atoms with Crippen LogP contribution in [0.2, 0.25) is 0 Å². The molecular weight excluding hydrogens is 233 g/mol. The van der Waals surface area contributed by atoms with Crippen LogP contribution in [0.3, 0.4) is 0 Å². The van der Waals surface area contributed by atoms with Gasteiger partial charge >= 0.3 is 0 Å². The minimum atomic E-state index is -0.420. The van der Waals surface area contributed by atoms with E-state index in [0.29, 0.717) is 5.56 Å². The van der Waals surface area contributed by atoms with Crippen molar-refractivity contribution in [3.63, 3.8) is 0 Å². The lowest BCUT2D eigenvalue weighted by molar-refractivity contribution is 0.287. The van der Waals surface area contributed by atoms with Crippen molar-refractivity contribution in [1.29, 1.82) is 0 Å². The summed E-state index contributed by atoms with van der Waals surface area (Å²) in [7, 11) is 0. The van der Waals surface area contributed by atoms with Crippen molar-refractivity contribution < 1.29 is 14.2 Å². The highest BCUT2D eigenvalue weighted by molar-refractivity contribution is 5.35. The molecule has 2 rings (SSSR count). The first-order valence-electron chi connectivity index (χ1n) is 5.59. The van der Waals surface area contributed by atoms with Crippen LogP contribution in [0.15, 0.2) is 42.5 Å². The molecule has 0 atom stereocenters. The lowest BCUT2D eigenvalue weighted by Gasteiger charge is -2.11. The number of rotatable bonds is 4. The zero-order valence-electron chi connectivity index (χ0n) is 9.77. The molecule has 0 unspecified atom stereocenters. The highest BCUT2D eigenvalue weighted by Crippen LogP contribution is 2.23. The maximum Gasteiger partial charge on any atom is 0.165 e. The van der Waals surface area contributed by atoms with Crippen molar-refractivity contribution in [2.75, 3.05) is 0 Å². The Morgan fingerprint density at radius 2 is 1.83 bits per heavy atom. The summed E-state index contributed by atoms with van der Waals surface area (Å²) >= 11 is 0. The molecule has 0 amide bonds.